The number of carbonyl (C=O) groups is 1. The maximum atomic E-state index is 12.6. The van der Waals surface area contributed by atoms with Crippen LogP contribution >= 0.6 is 0 Å². The Morgan fingerprint density at radius 1 is 1.17 bits per heavy atom. The van der Waals surface area contributed by atoms with Gasteiger partial charge in [-0.05, 0) is 41.4 Å². The molecule has 0 N–H and O–H groups in total. The molecule has 2 bridgehead atoms. The van der Waals surface area contributed by atoms with E-state index < -0.39 is 0 Å². The minimum Gasteiger partial charge on any atom is -0.294 e. The molecule has 2 saturated carbocycles. The van der Waals surface area contributed by atoms with Gasteiger partial charge in [-0.1, -0.05) is 51.1 Å². The molecule has 0 heterocycles. The molecule has 2 atom stereocenters. The van der Waals surface area contributed by atoms with Crippen molar-refractivity contribution in [1.29, 1.82) is 0 Å². The fraction of sp³-hybridized carbons (Fsp3) is 0.471. The van der Waals surface area contributed by atoms with Crippen molar-refractivity contribution in [3.63, 3.8) is 0 Å². The van der Waals surface area contributed by atoms with Crippen LogP contribution in [0.15, 0.2) is 35.9 Å². The van der Waals surface area contributed by atoms with Crippen LogP contribution in [0.3, 0.4) is 0 Å². The third-order valence-electron chi connectivity index (χ3n) is 5.49. The van der Waals surface area contributed by atoms with Gasteiger partial charge in [0, 0.05) is 5.41 Å². The first-order chi connectivity index (χ1) is 8.47. The molecule has 1 heteroatoms. The highest BCUT2D eigenvalue weighted by Gasteiger charge is 2.63. The van der Waals surface area contributed by atoms with Gasteiger partial charge in [-0.25, -0.2) is 0 Å². The van der Waals surface area contributed by atoms with E-state index in [1.54, 1.807) is 0 Å². The Bertz CT molecular complexity index is 524. The van der Waals surface area contributed by atoms with Gasteiger partial charge in [-0.2, -0.15) is 0 Å². The van der Waals surface area contributed by atoms with Gasteiger partial charge in [0.05, 0.1) is 0 Å². The van der Waals surface area contributed by atoms with Crippen LogP contribution < -0.4 is 0 Å². The molecule has 1 nitrogen and oxygen atoms in total. The van der Waals surface area contributed by atoms with Gasteiger partial charge < -0.3 is 0 Å². The van der Waals surface area contributed by atoms with Crippen molar-refractivity contribution < 1.29 is 4.79 Å². The monoisotopic (exact) mass is 240 g/mol. The van der Waals surface area contributed by atoms with Crippen LogP contribution in [0, 0.1) is 16.7 Å². The molecule has 1 aromatic rings. The average Bonchev–Trinajstić information content (AvgIpc) is 2.65. The second-order valence-electron chi connectivity index (χ2n) is 6.48. The largest absolute Gasteiger partial charge is 0.294 e. The van der Waals surface area contributed by atoms with Crippen LogP contribution in [0.4, 0.5) is 0 Å². The van der Waals surface area contributed by atoms with E-state index in [9.17, 15) is 4.79 Å². The Morgan fingerprint density at radius 3 is 2.39 bits per heavy atom. The summed E-state index contributed by atoms with van der Waals surface area (Å²) in [5, 5.41) is 0. The summed E-state index contributed by atoms with van der Waals surface area (Å²) in [5.74, 6) is 0.822. The number of hydrogen-bond donors (Lipinski definition) is 0. The lowest BCUT2D eigenvalue weighted by Crippen LogP contribution is -2.32. The lowest BCUT2D eigenvalue weighted by molar-refractivity contribution is -0.125. The molecular formula is C17H20O. The van der Waals surface area contributed by atoms with Crippen molar-refractivity contribution in [3.05, 3.63) is 41.5 Å². The Labute approximate surface area is 109 Å². The predicted molar refractivity (Wildman–Crippen MR) is 74.0 cm³/mol. The Kier molecular flexibility index (Phi) is 2.32. The maximum absolute atomic E-state index is 12.6. The van der Waals surface area contributed by atoms with Crippen LogP contribution in [-0.2, 0) is 4.79 Å². The summed E-state index contributed by atoms with van der Waals surface area (Å²) in [6.07, 6.45) is 4.32. The van der Waals surface area contributed by atoms with Crippen molar-refractivity contribution >= 4 is 11.9 Å². The molecule has 2 aliphatic carbocycles. The molecule has 0 aromatic heterocycles. The minimum atomic E-state index is -0.141. The van der Waals surface area contributed by atoms with E-state index >= 15 is 0 Å². The standard InChI is InChI=1S/C17H20O/c1-16(2)14-9-10-17(16,3)15(18)13(14)11-12-7-5-4-6-8-12/h4-8,11,14H,9-10H2,1-3H3/t14-,17+/m1/s1. The van der Waals surface area contributed by atoms with Crippen molar-refractivity contribution in [2.24, 2.45) is 16.7 Å². The topological polar surface area (TPSA) is 17.1 Å². The zero-order chi connectivity index (χ0) is 13.0. The molecule has 0 unspecified atom stereocenters. The fourth-order valence-electron chi connectivity index (χ4n) is 3.82. The lowest BCUT2D eigenvalue weighted by Gasteiger charge is -2.31. The van der Waals surface area contributed by atoms with Crippen molar-refractivity contribution in [1.82, 2.24) is 0 Å². The fourth-order valence-corrected chi connectivity index (χ4v) is 3.82. The normalized spacial score (nSPS) is 35.4. The quantitative estimate of drug-likeness (QED) is 0.675. The van der Waals surface area contributed by atoms with Crippen molar-refractivity contribution in [3.8, 4) is 0 Å². The first-order valence-corrected chi connectivity index (χ1v) is 6.78. The molecular weight excluding hydrogens is 220 g/mol. The van der Waals surface area contributed by atoms with E-state index in [2.05, 4.69) is 39.0 Å². The highest BCUT2D eigenvalue weighted by molar-refractivity contribution is 6.07. The van der Waals surface area contributed by atoms with Crippen molar-refractivity contribution in [2.75, 3.05) is 0 Å². The molecule has 0 amide bonds. The maximum Gasteiger partial charge on any atom is 0.165 e. The first-order valence-electron chi connectivity index (χ1n) is 6.78. The van der Waals surface area contributed by atoms with E-state index in [1.165, 1.54) is 0 Å². The Morgan fingerprint density at radius 2 is 1.83 bits per heavy atom. The third kappa shape index (κ3) is 1.31. The summed E-state index contributed by atoms with van der Waals surface area (Å²) in [5.41, 5.74) is 2.18. The molecule has 0 radical (unpaired) electrons. The number of benzene rings is 1. The zero-order valence-electron chi connectivity index (χ0n) is 11.4. The SMILES string of the molecule is CC1(C)[C@@H]2CC[C@@]1(C)C(=O)C2=Cc1ccccc1. The smallest absolute Gasteiger partial charge is 0.165 e. The second-order valence-corrected chi connectivity index (χ2v) is 6.48. The highest BCUT2D eigenvalue weighted by atomic mass is 16.1. The number of rotatable bonds is 1. The summed E-state index contributed by atoms with van der Waals surface area (Å²) < 4.78 is 0. The number of allylic oxidation sites excluding steroid dienone is 1. The van der Waals surface area contributed by atoms with Gasteiger partial charge in [0.1, 0.15) is 0 Å². The van der Waals surface area contributed by atoms with Gasteiger partial charge in [0.25, 0.3) is 0 Å². The number of Topliss-reactive ketones (excluding diaryl/α,β-unsaturated/α-hetero) is 1. The Hall–Kier alpha value is -1.37. The third-order valence-corrected chi connectivity index (χ3v) is 5.49. The molecule has 0 saturated heterocycles. The Balaban J connectivity index is 2.07. The second kappa shape index (κ2) is 3.57. The van der Waals surface area contributed by atoms with Gasteiger partial charge in [-0.3, -0.25) is 4.79 Å². The number of hydrogen-bond acceptors (Lipinski definition) is 1. The number of ketones is 1. The van der Waals surface area contributed by atoms with Crippen LogP contribution in [0.25, 0.3) is 6.08 Å². The molecule has 1 aromatic carbocycles. The van der Waals surface area contributed by atoms with Crippen LogP contribution in [0.5, 0.6) is 0 Å². The van der Waals surface area contributed by atoms with Gasteiger partial charge >= 0.3 is 0 Å². The molecule has 94 valence electrons. The highest BCUT2D eigenvalue weighted by Crippen LogP contribution is 2.65. The number of fused-ring (bicyclic) bond motifs is 2. The predicted octanol–water partition coefficient (Wildman–Crippen LogP) is 4.10. The van der Waals surface area contributed by atoms with E-state index in [0.29, 0.717) is 11.7 Å². The summed E-state index contributed by atoms with van der Waals surface area (Å²) in [6.45, 7) is 6.67. The summed E-state index contributed by atoms with van der Waals surface area (Å²) >= 11 is 0. The van der Waals surface area contributed by atoms with Crippen LogP contribution in [0.2, 0.25) is 0 Å². The van der Waals surface area contributed by atoms with Gasteiger partial charge in [-0.15, -0.1) is 0 Å². The van der Waals surface area contributed by atoms with Crippen LogP contribution in [0.1, 0.15) is 39.2 Å². The van der Waals surface area contributed by atoms with Crippen molar-refractivity contribution in [2.45, 2.75) is 33.6 Å². The summed E-state index contributed by atoms with van der Waals surface area (Å²) in [7, 11) is 0. The molecule has 2 fully saturated rings. The van der Waals surface area contributed by atoms with E-state index in [1.807, 2.05) is 18.2 Å². The molecule has 2 aliphatic rings. The van der Waals surface area contributed by atoms with Gasteiger partial charge in [0.15, 0.2) is 5.78 Å². The number of carbonyl (C=O) groups excluding carboxylic acids is 1. The van der Waals surface area contributed by atoms with Gasteiger partial charge in [0.2, 0.25) is 0 Å². The summed E-state index contributed by atoms with van der Waals surface area (Å²) in [4.78, 5) is 12.6. The zero-order valence-corrected chi connectivity index (χ0v) is 11.4. The first kappa shape index (κ1) is 11.7. The minimum absolute atomic E-state index is 0.116. The summed E-state index contributed by atoms with van der Waals surface area (Å²) in [6, 6.07) is 10.2. The molecule has 18 heavy (non-hydrogen) atoms. The van der Waals surface area contributed by atoms with E-state index in [0.717, 1.165) is 24.0 Å². The molecule has 0 aliphatic heterocycles. The molecule has 3 rings (SSSR count). The lowest BCUT2D eigenvalue weighted by atomic mass is 9.70. The molecule has 0 spiro atoms. The van der Waals surface area contributed by atoms with Crippen LogP contribution in [-0.4, -0.2) is 5.78 Å². The van der Waals surface area contributed by atoms with E-state index in [-0.39, 0.29) is 10.8 Å². The average molecular weight is 240 g/mol. The van der Waals surface area contributed by atoms with E-state index in [4.69, 9.17) is 0 Å².